The Balaban J connectivity index is 2.90. The number of hydrogen-bond acceptors (Lipinski definition) is 3. The first-order chi connectivity index (χ1) is 7.22. The van der Waals surface area contributed by atoms with Crippen molar-refractivity contribution in [1.82, 2.24) is 4.90 Å². The number of hydrogen-bond donors (Lipinski definition) is 2. The zero-order valence-electron chi connectivity index (χ0n) is 9.16. The van der Waals surface area contributed by atoms with Crippen LogP contribution in [0.1, 0.15) is 24.2 Å². The molecule has 1 amide bonds. The van der Waals surface area contributed by atoms with Crippen LogP contribution in [0.3, 0.4) is 0 Å². The fraction of sp³-hybridized carbons (Fsp3) is 0.364. The van der Waals surface area contributed by atoms with Gasteiger partial charge in [0.25, 0.3) is 5.91 Å². The van der Waals surface area contributed by atoms with Crippen molar-refractivity contribution in [2.45, 2.75) is 13.8 Å². The molecule has 0 radical (unpaired) electrons. The van der Waals surface area contributed by atoms with Crippen molar-refractivity contribution in [2.75, 3.05) is 18.5 Å². The van der Waals surface area contributed by atoms with E-state index in [4.69, 9.17) is 5.84 Å². The minimum atomic E-state index is 0.0390. The SMILES string of the molecule is CCN(CC)C(=O)c1cccc(NN)c1. The summed E-state index contributed by atoms with van der Waals surface area (Å²) in [5, 5.41) is 0. The molecule has 4 heteroatoms. The lowest BCUT2D eigenvalue weighted by Crippen LogP contribution is -2.30. The van der Waals surface area contributed by atoms with Gasteiger partial charge in [-0.2, -0.15) is 0 Å². The van der Waals surface area contributed by atoms with E-state index in [1.165, 1.54) is 0 Å². The van der Waals surface area contributed by atoms with Crippen LogP contribution in [0.15, 0.2) is 24.3 Å². The first-order valence-corrected chi connectivity index (χ1v) is 5.08. The molecule has 82 valence electrons. The van der Waals surface area contributed by atoms with Gasteiger partial charge in [-0.1, -0.05) is 6.07 Å². The van der Waals surface area contributed by atoms with Crippen LogP contribution in [0.5, 0.6) is 0 Å². The molecule has 0 heterocycles. The van der Waals surface area contributed by atoms with Gasteiger partial charge in [-0.3, -0.25) is 10.6 Å². The molecule has 0 aliphatic heterocycles. The summed E-state index contributed by atoms with van der Waals surface area (Å²) in [6.07, 6.45) is 0. The number of nitrogens with one attached hydrogen (secondary N) is 1. The molecular weight excluding hydrogens is 190 g/mol. The fourth-order valence-corrected chi connectivity index (χ4v) is 1.44. The summed E-state index contributed by atoms with van der Waals surface area (Å²) in [6.45, 7) is 5.37. The second-order valence-electron chi connectivity index (χ2n) is 3.20. The maximum Gasteiger partial charge on any atom is 0.253 e. The number of nitrogens with zero attached hydrogens (tertiary/aromatic N) is 1. The number of hydrazine groups is 1. The van der Waals surface area contributed by atoms with E-state index in [-0.39, 0.29) is 5.91 Å². The molecule has 0 aromatic heterocycles. The van der Waals surface area contributed by atoms with Crippen LogP contribution in [0.4, 0.5) is 5.69 Å². The van der Waals surface area contributed by atoms with Crippen LogP contribution < -0.4 is 11.3 Å². The summed E-state index contributed by atoms with van der Waals surface area (Å²) >= 11 is 0. The molecule has 0 fully saturated rings. The summed E-state index contributed by atoms with van der Waals surface area (Å²) in [7, 11) is 0. The maximum absolute atomic E-state index is 11.9. The maximum atomic E-state index is 11.9. The Labute approximate surface area is 90.0 Å². The van der Waals surface area contributed by atoms with E-state index >= 15 is 0 Å². The second-order valence-corrected chi connectivity index (χ2v) is 3.20. The highest BCUT2D eigenvalue weighted by Crippen LogP contribution is 2.11. The van der Waals surface area contributed by atoms with Crippen molar-refractivity contribution in [1.29, 1.82) is 0 Å². The Bertz CT molecular complexity index is 334. The molecule has 0 saturated carbocycles. The van der Waals surface area contributed by atoms with Crippen molar-refractivity contribution in [2.24, 2.45) is 5.84 Å². The number of carbonyl (C=O) groups is 1. The lowest BCUT2D eigenvalue weighted by Gasteiger charge is -2.18. The topological polar surface area (TPSA) is 58.4 Å². The van der Waals surface area contributed by atoms with Crippen molar-refractivity contribution < 1.29 is 4.79 Å². The molecule has 0 aliphatic carbocycles. The average Bonchev–Trinajstić information content (AvgIpc) is 2.30. The van der Waals surface area contributed by atoms with Gasteiger partial charge in [-0.05, 0) is 32.0 Å². The van der Waals surface area contributed by atoms with Gasteiger partial charge in [0.1, 0.15) is 0 Å². The van der Waals surface area contributed by atoms with E-state index in [2.05, 4.69) is 5.43 Å². The molecule has 0 saturated heterocycles. The molecule has 1 aromatic rings. The molecule has 0 spiro atoms. The first-order valence-electron chi connectivity index (χ1n) is 5.08. The molecule has 4 nitrogen and oxygen atoms in total. The third kappa shape index (κ3) is 2.70. The Morgan fingerprint density at radius 2 is 2.07 bits per heavy atom. The van der Waals surface area contributed by atoms with Crippen molar-refractivity contribution in [3.63, 3.8) is 0 Å². The van der Waals surface area contributed by atoms with Gasteiger partial charge in [-0.15, -0.1) is 0 Å². The average molecular weight is 207 g/mol. The first kappa shape index (κ1) is 11.5. The Kier molecular flexibility index (Phi) is 4.12. The lowest BCUT2D eigenvalue weighted by atomic mass is 10.2. The van der Waals surface area contributed by atoms with Crippen LogP contribution >= 0.6 is 0 Å². The predicted octanol–water partition coefficient (Wildman–Crippen LogP) is 1.45. The van der Waals surface area contributed by atoms with E-state index in [0.29, 0.717) is 5.56 Å². The van der Waals surface area contributed by atoms with Crippen LogP contribution in [-0.4, -0.2) is 23.9 Å². The molecular formula is C11H17N3O. The molecule has 3 N–H and O–H groups in total. The van der Waals surface area contributed by atoms with Gasteiger partial charge in [0.15, 0.2) is 0 Å². The number of anilines is 1. The van der Waals surface area contributed by atoms with E-state index < -0.39 is 0 Å². The molecule has 0 bridgehead atoms. The van der Waals surface area contributed by atoms with Gasteiger partial charge >= 0.3 is 0 Å². The molecule has 1 rings (SSSR count). The number of nitrogens with two attached hydrogens (primary N) is 1. The van der Waals surface area contributed by atoms with E-state index in [1.54, 1.807) is 17.0 Å². The quantitative estimate of drug-likeness (QED) is 0.580. The van der Waals surface area contributed by atoms with Crippen molar-refractivity contribution >= 4 is 11.6 Å². The summed E-state index contributed by atoms with van der Waals surface area (Å²) < 4.78 is 0. The summed E-state index contributed by atoms with van der Waals surface area (Å²) in [5.41, 5.74) is 3.93. The molecule has 15 heavy (non-hydrogen) atoms. The highest BCUT2D eigenvalue weighted by atomic mass is 16.2. The number of benzene rings is 1. The molecule has 0 aliphatic rings. The normalized spacial score (nSPS) is 9.80. The summed E-state index contributed by atoms with van der Waals surface area (Å²) in [4.78, 5) is 13.7. The third-order valence-electron chi connectivity index (χ3n) is 2.33. The monoisotopic (exact) mass is 207 g/mol. The standard InChI is InChI=1S/C11H17N3O/c1-3-14(4-2)11(15)9-6-5-7-10(8-9)13-12/h5-8,13H,3-4,12H2,1-2H3. The predicted molar refractivity (Wildman–Crippen MR) is 61.5 cm³/mol. The number of rotatable bonds is 4. The lowest BCUT2D eigenvalue weighted by molar-refractivity contribution is 0.0773. The minimum Gasteiger partial charge on any atom is -0.339 e. The summed E-state index contributed by atoms with van der Waals surface area (Å²) in [5.74, 6) is 5.32. The largest absolute Gasteiger partial charge is 0.339 e. The van der Waals surface area contributed by atoms with Crippen LogP contribution in [0, 0.1) is 0 Å². The Morgan fingerprint density at radius 1 is 1.40 bits per heavy atom. The van der Waals surface area contributed by atoms with Crippen molar-refractivity contribution in [3.05, 3.63) is 29.8 Å². The van der Waals surface area contributed by atoms with Gasteiger partial charge < -0.3 is 10.3 Å². The number of carbonyl (C=O) groups excluding carboxylic acids is 1. The highest BCUT2D eigenvalue weighted by Gasteiger charge is 2.11. The fourth-order valence-electron chi connectivity index (χ4n) is 1.44. The Morgan fingerprint density at radius 3 is 2.60 bits per heavy atom. The molecule has 0 unspecified atom stereocenters. The number of amides is 1. The van der Waals surface area contributed by atoms with Crippen LogP contribution in [0.25, 0.3) is 0 Å². The zero-order valence-corrected chi connectivity index (χ0v) is 9.16. The highest BCUT2D eigenvalue weighted by molar-refractivity contribution is 5.95. The molecule has 0 atom stereocenters. The summed E-state index contributed by atoms with van der Waals surface area (Å²) in [6, 6.07) is 7.17. The number of nitrogen functional groups attached to an aromatic ring is 1. The Hall–Kier alpha value is -1.55. The van der Waals surface area contributed by atoms with E-state index in [0.717, 1.165) is 18.8 Å². The van der Waals surface area contributed by atoms with Crippen LogP contribution in [0.2, 0.25) is 0 Å². The van der Waals surface area contributed by atoms with Crippen molar-refractivity contribution in [3.8, 4) is 0 Å². The van der Waals surface area contributed by atoms with Gasteiger partial charge in [0.2, 0.25) is 0 Å². The van der Waals surface area contributed by atoms with Gasteiger partial charge in [0, 0.05) is 24.3 Å². The third-order valence-corrected chi connectivity index (χ3v) is 2.33. The zero-order chi connectivity index (χ0) is 11.3. The smallest absolute Gasteiger partial charge is 0.253 e. The van der Waals surface area contributed by atoms with Gasteiger partial charge in [0.05, 0.1) is 0 Å². The van der Waals surface area contributed by atoms with Crippen LogP contribution in [-0.2, 0) is 0 Å². The van der Waals surface area contributed by atoms with Gasteiger partial charge in [-0.25, -0.2) is 0 Å². The van der Waals surface area contributed by atoms with E-state index in [9.17, 15) is 4.79 Å². The van der Waals surface area contributed by atoms with E-state index in [1.807, 2.05) is 26.0 Å². The minimum absolute atomic E-state index is 0.0390. The molecule has 1 aromatic carbocycles. The second kappa shape index (κ2) is 5.36.